The van der Waals surface area contributed by atoms with E-state index in [4.69, 9.17) is 4.74 Å². The van der Waals surface area contributed by atoms with E-state index < -0.39 is 5.25 Å². The third-order valence-corrected chi connectivity index (χ3v) is 5.89. The van der Waals surface area contributed by atoms with Crippen LogP contribution in [0.25, 0.3) is 0 Å². The fraction of sp³-hybridized carbons (Fsp3) is 0.286. The highest BCUT2D eigenvalue weighted by atomic mass is 32.2. The van der Waals surface area contributed by atoms with Crippen molar-refractivity contribution < 1.29 is 9.53 Å². The largest absolute Gasteiger partial charge is 0.494 e. The number of hydrogen-bond donors (Lipinski definition) is 2. The van der Waals surface area contributed by atoms with Crippen molar-refractivity contribution >= 4 is 23.4 Å². The first kappa shape index (κ1) is 19.3. The molecule has 150 valence electrons. The van der Waals surface area contributed by atoms with E-state index in [1.54, 1.807) is 0 Å². The van der Waals surface area contributed by atoms with Crippen molar-refractivity contribution in [2.24, 2.45) is 0 Å². The Hall–Kier alpha value is -3.00. The lowest BCUT2D eigenvalue weighted by molar-refractivity contribution is -0.116. The first-order valence-electron chi connectivity index (χ1n) is 9.65. The Morgan fingerprint density at radius 3 is 2.59 bits per heavy atom. The zero-order valence-electron chi connectivity index (χ0n) is 16.3. The Morgan fingerprint density at radius 2 is 1.90 bits per heavy atom. The molecule has 2 aromatic carbocycles. The number of carbonyl (C=O) groups is 1. The van der Waals surface area contributed by atoms with Crippen molar-refractivity contribution in [3.63, 3.8) is 0 Å². The van der Waals surface area contributed by atoms with Gasteiger partial charge >= 0.3 is 0 Å². The normalized spacial score (nSPS) is 17.9. The highest BCUT2D eigenvalue weighted by Gasteiger charge is 2.37. The molecule has 7 nitrogen and oxygen atoms in total. The van der Waals surface area contributed by atoms with Crippen molar-refractivity contribution in [2.45, 2.75) is 36.7 Å². The van der Waals surface area contributed by atoms with E-state index in [2.05, 4.69) is 20.9 Å². The number of amides is 1. The monoisotopic (exact) mass is 409 g/mol. The van der Waals surface area contributed by atoms with Gasteiger partial charge in [-0.2, -0.15) is 0 Å². The summed E-state index contributed by atoms with van der Waals surface area (Å²) in [5.41, 5.74) is 5.21. The smallest absolute Gasteiger partial charge is 0.240 e. The SMILES string of the molecule is CCOc1ccc(NC(=O)[C@H]2Sc3nnc(CC)n3N[C@H]2c2ccccc2)cc1. The fourth-order valence-corrected chi connectivity index (χ4v) is 4.35. The number of aromatic nitrogens is 3. The summed E-state index contributed by atoms with van der Waals surface area (Å²) in [5.74, 6) is 1.54. The van der Waals surface area contributed by atoms with Gasteiger partial charge in [0.15, 0.2) is 5.82 Å². The van der Waals surface area contributed by atoms with Crippen LogP contribution < -0.4 is 15.5 Å². The van der Waals surface area contributed by atoms with Crippen LogP contribution in [0.2, 0.25) is 0 Å². The maximum atomic E-state index is 13.2. The molecule has 1 aromatic heterocycles. The number of fused-ring (bicyclic) bond motifs is 1. The minimum absolute atomic E-state index is 0.0900. The van der Waals surface area contributed by atoms with Crippen LogP contribution in [0.4, 0.5) is 5.69 Å². The van der Waals surface area contributed by atoms with Crippen LogP contribution in [-0.4, -0.2) is 32.6 Å². The van der Waals surface area contributed by atoms with E-state index in [9.17, 15) is 4.79 Å². The molecule has 0 radical (unpaired) electrons. The molecule has 0 saturated carbocycles. The summed E-state index contributed by atoms with van der Waals surface area (Å²) < 4.78 is 7.36. The molecular weight excluding hydrogens is 386 g/mol. The standard InChI is InChI=1S/C21H23N5O2S/c1-3-17-23-24-21-26(17)25-18(14-8-6-5-7-9-14)19(29-21)20(27)22-15-10-12-16(13-11-15)28-4-2/h5-13,18-19,25H,3-4H2,1-2H3,(H,22,27)/t18-,19-/m0/s1. The van der Waals surface area contributed by atoms with E-state index in [0.29, 0.717) is 11.8 Å². The molecule has 2 N–H and O–H groups in total. The first-order valence-corrected chi connectivity index (χ1v) is 10.5. The summed E-state index contributed by atoms with van der Waals surface area (Å²) >= 11 is 1.42. The molecule has 0 fully saturated rings. The van der Waals surface area contributed by atoms with Gasteiger partial charge in [0.05, 0.1) is 12.6 Å². The second kappa shape index (κ2) is 8.57. The number of nitrogens with zero attached hydrogens (tertiary/aromatic N) is 3. The number of carbonyl (C=O) groups excluding carboxylic acids is 1. The van der Waals surface area contributed by atoms with Crippen LogP contribution in [0.5, 0.6) is 5.75 Å². The zero-order chi connectivity index (χ0) is 20.2. The number of anilines is 1. The molecule has 2 heterocycles. The van der Waals surface area contributed by atoms with Gasteiger partial charge in [-0.05, 0) is 36.8 Å². The first-order chi connectivity index (χ1) is 14.2. The van der Waals surface area contributed by atoms with Gasteiger partial charge in [0, 0.05) is 12.1 Å². The molecule has 29 heavy (non-hydrogen) atoms. The van der Waals surface area contributed by atoms with E-state index in [1.807, 2.05) is 73.1 Å². The summed E-state index contributed by atoms with van der Waals surface area (Å²) in [6.07, 6.45) is 0.755. The number of thioether (sulfide) groups is 1. The third-order valence-electron chi connectivity index (χ3n) is 4.67. The molecule has 0 spiro atoms. The van der Waals surface area contributed by atoms with Crippen molar-refractivity contribution in [3.8, 4) is 5.75 Å². The van der Waals surface area contributed by atoms with Gasteiger partial charge in [-0.3, -0.25) is 4.79 Å². The van der Waals surface area contributed by atoms with Gasteiger partial charge in [0.1, 0.15) is 11.0 Å². The molecule has 1 amide bonds. The quantitative estimate of drug-likeness (QED) is 0.647. The molecule has 3 aromatic rings. The van der Waals surface area contributed by atoms with Crippen LogP contribution >= 0.6 is 11.8 Å². The topological polar surface area (TPSA) is 81.1 Å². The average molecular weight is 410 g/mol. The van der Waals surface area contributed by atoms with Gasteiger partial charge < -0.3 is 15.5 Å². The Bertz CT molecular complexity index is 974. The molecular formula is C21H23N5O2S. The molecule has 4 rings (SSSR count). The lowest BCUT2D eigenvalue weighted by Gasteiger charge is -2.33. The maximum Gasteiger partial charge on any atom is 0.240 e. The number of rotatable bonds is 6. The minimum Gasteiger partial charge on any atom is -0.494 e. The molecule has 1 aliphatic heterocycles. The predicted octanol–water partition coefficient (Wildman–Crippen LogP) is 3.64. The van der Waals surface area contributed by atoms with Gasteiger partial charge in [-0.1, -0.05) is 49.0 Å². The summed E-state index contributed by atoms with van der Waals surface area (Å²) in [5, 5.41) is 11.8. The van der Waals surface area contributed by atoms with Crippen LogP contribution in [0, 0.1) is 0 Å². The van der Waals surface area contributed by atoms with E-state index >= 15 is 0 Å². The average Bonchev–Trinajstić information content (AvgIpc) is 3.17. The van der Waals surface area contributed by atoms with Crippen molar-refractivity contribution in [3.05, 3.63) is 66.0 Å². The summed E-state index contributed by atoms with van der Waals surface area (Å²) in [6.45, 7) is 4.58. The molecule has 0 saturated heterocycles. The van der Waals surface area contributed by atoms with Crippen molar-refractivity contribution in [2.75, 3.05) is 17.3 Å². The van der Waals surface area contributed by atoms with Gasteiger partial charge in [0.2, 0.25) is 11.1 Å². The Labute approximate surface area is 173 Å². The van der Waals surface area contributed by atoms with E-state index in [-0.39, 0.29) is 11.9 Å². The van der Waals surface area contributed by atoms with Crippen molar-refractivity contribution in [1.82, 2.24) is 14.9 Å². The highest BCUT2D eigenvalue weighted by Crippen LogP contribution is 2.37. The Kier molecular flexibility index (Phi) is 5.71. The summed E-state index contributed by atoms with van der Waals surface area (Å²) in [6, 6.07) is 17.2. The summed E-state index contributed by atoms with van der Waals surface area (Å²) in [7, 11) is 0. The predicted molar refractivity (Wildman–Crippen MR) is 114 cm³/mol. The number of aryl methyl sites for hydroxylation is 1. The van der Waals surface area contributed by atoms with E-state index in [1.165, 1.54) is 11.8 Å². The second-order valence-corrected chi connectivity index (χ2v) is 7.70. The number of hydrogen-bond acceptors (Lipinski definition) is 6. The van der Waals surface area contributed by atoms with Crippen LogP contribution in [0.3, 0.4) is 0 Å². The second-order valence-electron chi connectivity index (χ2n) is 6.59. The number of nitrogens with one attached hydrogen (secondary N) is 2. The summed E-state index contributed by atoms with van der Waals surface area (Å²) in [4.78, 5) is 13.2. The van der Waals surface area contributed by atoms with Crippen LogP contribution in [0.15, 0.2) is 59.8 Å². The van der Waals surface area contributed by atoms with Gasteiger partial charge in [-0.15, -0.1) is 10.2 Å². The highest BCUT2D eigenvalue weighted by molar-refractivity contribution is 8.00. The fourth-order valence-electron chi connectivity index (χ4n) is 3.25. The molecule has 0 unspecified atom stereocenters. The minimum atomic E-state index is -0.398. The Balaban J connectivity index is 1.59. The zero-order valence-corrected chi connectivity index (χ0v) is 17.1. The molecule has 1 aliphatic rings. The van der Waals surface area contributed by atoms with Gasteiger partial charge in [-0.25, -0.2) is 4.68 Å². The number of benzene rings is 2. The van der Waals surface area contributed by atoms with E-state index in [0.717, 1.165) is 29.2 Å². The van der Waals surface area contributed by atoms with Crippen molar-refractivity contribution in [1.29, 1.82) is 0 Å². The third kappa shape index (κ3) is 4.07. The molecule has 2 atom stereocenters. The Morgan fingerprint density at radius 1 is 1.14 bits per heavy atom. The maximum absolute atomic E-state index is 13.2. The lowest BCUT2D eigenvalue weighted by Crippen LogP contribution is -2.41. The molecule has 0 aliphatic carbocycles. The molecule has 8 heteroatoms. The lowest BCUT2D eigenvalue weighted by atomic mass is 10.0. The van der Waals surface area contributed by atoms with Crippen LogP contribution in [0.1, 0.15) is 31.3 Å². The molecule has 0 bridgehead atoms. The van der Waals surface area contributed by atoms with Gasteiger partial charge in [0.25, 0.3) is 0 Å². The van der Waals surface area contributed by atoms with Crippen LogP contribution in [-0.2, 0) is 11.2 Å². The number of ether oxygens (including phenoxy) is 1.